The van der Waals surface area contributed by atoms with E-state index in [9.17, 15) is 5.11 Å². The maximum atomic E-state index is 9.81. The van der Waals surface area contributed by atoms with Crippen LogP contribution in [0.5, 0.6) is 0 Å². The number of hydrogen-bond acceptors (Lipinski definition) is 5. The number of rotatable bonds is 6. The first kappa shape index (κ1) is 16.5. The Morgan fingerprint density at radius 2 is 2.00 bits per heavy atom. The summed E-state index contributed by atoms with van der Waals surface area (Å²) in [5.41, 5.74) is 0. The molecule has 2 N–H and O–H groups in total. The van der Waals surface area contributed by atoms with Gasteiger partial charge in [-0.2, -0.15) is 0 Å². The molecule has 0 radical (unpaired) electrons. The second-order valence-corrected chi connectivity index (χ2v) is 6.41. The summed E-state index contributed by atoms with van der Waals surface area (Å²) in [5, 5.41) is 20.9. The molecule has 1 saturated heterocycles. The topological polar surface area (TPSA) is 58.9 Å². The molecule has 0 unspecified atom stereocenters. The van der Waals surface area contributed by atoms with Gasteiger partial charge >= 0.3 is 0 Å². The van der Waals surface area contributed by atoms with E-state index < -0.39 is 18.0 Å². The van der Waals surface area contributed by atoms with Crippen LogP contribution >= 0.6 is 11.8 Å². The van der Waals surface area contributed by atoms with Gasteiger partial charge in [-0.25, -0.2) is 0 Å². The van der Waals surface area contributed by atoms with Gasteiger partial charge in [0, 0.05) is 4.90 Å². The lowest BCUT2D eigenvalue weighted by molar-refractivity contribution is -0.157. The smallest absolute Gasteiger partial charge is 0.163 e. The van der Waals surface area contributed by atoms with Crippen molar-refractivity contribution in [3.05, 3.63) is 41.8 Å². The van der Waals surface area contributed by atoms with Crippen LogP contribution in [0.1, 0.15) is 20.3 Å². The van der Waals surface area contributed by atoms with E-state index in [-0.39, 0.29) is 12.7 Å². The Morgan fingerprint density at radius 1 is 1.29 bits per heavy atom. The highest BCUT2D eigenvalue weighted by Gasteiger charge is 2.43. The van der Waals surface area contributed by atoms with E-state index in [1.807, 2.05) is 55.7 Å². The largest absolute Gasteiger partial charge is 0.394 e. The van der Waals surface area contributed by atoms with E-state index in [2.05, 4.69) is 0 Å². The Morgan fingerprint density at radius 3 is 2.67 bits per heavy atom. The number of thioether (sulfide) groups is 1. The molecule has 1 aromatic carbocycles. The summed E-state index contributed by atoms with van der Waals surface area (Å²) >= 11 is 1.63. The number of aliphatic hydroxyl groups is 2. The van der Waals surface area contributed by atoms with Crippen LogP contribution in [0.2, 0.25) is 0 Å². The molecule has 1 aliphatic heterocycles. The first-order valence-electron chi connectivity index (χ1n) is 7.03. The fraction of sp³-hybridized carbons (Fsp3) is 0.500. The van der Waals surface area contributed by atoms with Crippen LogP contribution in [-0.4, -0.2) is 40.9 Å². The molecular weight excluding hydrogens is 288 g/mol. The summed E-state index contributed by atoms with van der Waals surface area (Å²) in [5.74, 6) is -0.730. The Labute approximate surface area is 129 Å². The number of hydrogen-bond donors (Lipinski definition) is 2. The number of benzene rings is 1. The van der Waals surface area contributed by atoms with E-state index in [0.29, 0.717) is 6.42 Å². The maximum absolute atomic E-state index is 9.81. The molecule has 4 nitrogen and oxygen atoms in total. The zero-order valence-corrected chi connectivity index (χ0v) is 13.1. The minimum atomic E-state index is -0.924. The van der Waals surface area contributed by atoms with Crippen molar-refractivity contribution in [2.75, 3.05) is 6.61 Å². The average molecular weight is 310 g/mol. The van der Waals surface area contributed by atoms with Crippen LogP contribution in [0.3, 0.4) is 0 Å². The zero-order valence-electron chi connectivity index (χ0n) is 12.3. The highest BCUT2D eigenvalue weighted by Crippen LogP contribution is 2.32. The minimum absolute atomic E-state index is 0.255. The molecule has 1 fully saturated rings. The van der Waals surface area contributed by atoms with Crippen molar-refractivity contribution in [1.82, 2.24) is 0 Å². The number of ether oxygens (including phenoxy) is 2. The molecule has 21 heavy (non-hydrogen) atoms. The van der Waals surface area contributed by atoms with Gasteiger partial charge in [-0.05, 0) is 37.8 Å². The van der Waals surface area contributed by atoms with Gasteiger partial charge < -0.3 is 19.7 Å². The lowest BCUT2D eigenvalue weighted by Gasteiger charge is -2.20. The lowest BCUT2D eigenvalue weighted by Crippen LogP contribution is -2.37. The second-order valence-electron chi connectivity index (χ2n) is 5.43. The molecule has 2 rings (SSSR count). The third-order valence-electron chi connectivity index (χ3n) is 3.20. The van der Waals surface area contributed by atoms with Gasteiger partial charge in [0.25, 0.3) is 0 Å². The van der Waals surface area contributed by atoms with Gasteiger partial charge in [0.15, 0.2) is 5.79 Å². The Bertz CT molecular complexity index is 461. The van der Waals surface area contributed by atoms with Crippen LogP contribution in [0.15, 0.2) is 46.7 Å². The molecule has 1 aliphatic rings. The van der Waals surface area contributed by atoms with Crippen molar-refractivity contribution in [2.45, 2.75) is 49.3 Å². The SMILES string of the molecule is CC1(C)O[C@H]([C@H](O)CO)[C@H](C/C=C/Sc2ccccc2)O1. The summed E-state index contributed by atoms with van der Waals surface area (Å²) in [7, 11) is 0. The second kappa shape index (κ2) is 7.42. The average Bonchev–Trinajstić information content (AvgIpc) is 2.79. The molecule has 116 valence electrons. The van der Waals surface area contributed by atoms with Crippen molar-refractivity contribution in [3.8, 4) is 0 Å². The van der Waals surface area contributed by atoms with Gasteiger partial charge in [-0.15, -0.1) is 0 Å². The molecule has 1 aromatic rings. The summed E-state index contributed by atoms with van der Waals surface area (Å²) in [6, 6.07) is 10.1. The first-order valence-corrected chi connectivity index (χ1v) is 7.91. The van der Waals surface area contributed by atoms with Crippen LogP contribution in [-0.2, 0) is 9.47 Å². The van der Waals surface area contributed by atoms with Gasteiger partial charge in [0.05, 0.1) is 12.7 Å². The predicted molar refractivity (Wildman–Crippen MR) is 83.0 cm³/mol. The van der Waals surface area contributed by atoms with Crippen molar-refractivity contribution in [2.24, 2.45) is 0 Å². The third-order valence-corrected chi connectivity index (χ3v) is 4.07. The Kier molecular flexibility index (Phi) is 5.84. The predicted octanol–water partition coefficient (Wildman–Crippen LogP) is 2.56. The number of aliphatic hydroxyl groups excluding tert-OH is 2. The van der Waals surface area contributed by atoms with Gasteiger partial charge in [-0.1, -0.05) is 36.0 Å². The van der Waals surface area contributed by atoms with E-state index in [0.717, 1.165) is 0 Å². The van der Waals surface area contributed by atoms with E-state index in [4.69, 9.17) is 14.6 Å². The van der Waals surface area contributed by atoms with Crippen molar-refractivity contribution in [3.63, 3.8) is 0 Å². The standard InChI is InChI=1S/C16H22O4S/c1-16(2)19-14(15(20-16)13(18)11-17)9-6-10-21-12-7-4-3-5-8-12/h3-8,10,13-15,17-18H,9,11H2,1-2H3/b10-6+/t13-,14+,15-/m1/s1. The van der Waals surface area contributed by atoms with Crippen molar-refractivity contribution >= 4 is 11.8 Å². The molecular formula is C16H22O4S. The van der Waals surface area contributed by atoms with E-state index in [1.54, 1.807) is 11.8 Å². The Hall–Kier alpha value is -0.850. The summed E-state index contributed by atoms with van der Waals surface area (Å²) in [4.78, 5) is 1.17. The van der Waals surface area contributed by atoms with Gasteiger partial charge in [0.1, 0.15) is 12.2 Å². The molecule has 0 saturated carbocycles. The molecule has 0 bridgehead atoms. The van der Waals surface area contributed by atoms with Crippen LogP contribution in [0, 0.1) is 0 Å². The quantitative estimate of drug-likeness (QED) is 0.791. The van der Waals surface area contributed by atoms with Crippen molar-refractivity contribution < 1.29 is 19.7 Å². The molecule has 0 aliphatic carbocycles. The zero-order chi connectivity index (χ0) is 15.3. The molecule has 0 aromatic heterocycles. The summed E-state index contributed by atoms with van der Waals surface area (Å²) in [6.07, 6.45) is 0.952. The maximum Gasteiger partial charge on any atom is 0.163 e. The van der Waals surface area contributed by atoms with E-state index >= 15 is 0 Å². The van der Waals surface area contributed by atoms with Crippen LogP contribution in [0.4, 0.5) is 0 Å². The first-order chi connectivity index (χ1) is 10.0. The molecule has 1 heterocycles. The lowest BCUT2D eigenvalue weighted by atomic mass is 10.1. The Balaban J connectivity index is 1.88. The fourth-order valence-electron chi connectivity index (χ4n) is 2.29. The summed E-state index contributed by atoms with van der Waals surface area (Å²) in [6.45, 7) is 3.29. The minimum Gasteiger partial charge on any atom is -0.394 e. The highest BCUT2D eigenvalue weighted by molar-refractivity contribution is 8.02. The van der Waals surface area contributed by atoms with Crippen molar-refractivity contribution in [1.29, 1.82) is 0 Å². The highest BCUT2D eigenvalue weighted by atomic mass is 32.2. The molecule has 5 heteroatoms. The normalized spacial score (nSPS) is 26.3. The molecule has 0 spiro atoms. The molecule has 0 amide bonds. The van der Waals surface area contributed by atoms with E-state index in [1.165, 1.54) is 4.90 Å². The third kappa shape index (κ3) is 4.83. The van der Waals surface area contributed by atoms with Crippen LogP contribution < -0.4 is 0 Å². The van der Waals surface area contributed by atoms with Crippen LogP contribution in [0.25, 0.3) is 0 Å². The van der Waals surface area contributed by atoms with Gasteiger partial charge in [-0.3, -0.25) is 0 Å². The monoisotopic (exact) mass is 310 g/mol. The van der Waals surface area contributed by atoms with Gasteiger partial charge in [0.2, 0.25) is 0 Å². The molecule has 3 atom stereocenters. The summed E-state index contributed by atoms with van der Waals surface area (Å²) < 4.78 is 11.4. The fourth-order valence-corrected chi connectivity index (χ4v) is 2.97.